The third-order valence-electron chi connectivity index (χ3n) is 6.22. The molecule has 15 heteroatoms. The molecule has 4 rings (SSSR count). The summed E-state index contributed by atoms with van der Waals surface area (Å²) in [4.78, 5) is 29.6. The van der Waals surface area contributed by atoms with Crippen molar-refractivity contribution in [3.8, 4) is 5.75 Å². The lowest BCUT2D eigenvalue weighted by Gasteiger charge is -2.42. The first-order chi connectivity index (χ1) is 19.6. The van der Waals surface area contributed by atoms with Crippen molar-refractivity contribution in [2.24, 2.45) is 0 Å². The largest absolute Gasteiger partial charge is 0.497 e. The van der Waals surface area contributed by atoms with Gasteiger partial charge in [-0.2, -0.15) is 13.2 Å². The molecule has 1 aliphatic rings. The standard InChI is InChI=1S/C25H28N4O5S.C2HF3O2/c1-17-5-4-6-20(13-17)29-12-11-28(16-18(29)2)24-23(25(30)31)14-19(15-26-24)27-35(32,33)22-9-7-21(34-3)8-10-22;3-2(4,5)1(6)7/h4-10,13-15,18,27H,11-12,16H2,1-3H3,(H,30,31);(H,6,7). The number of hydrogen-bond acceptors (Lipinski definition) is 8. The van der Waals surface area contributed by atoms with Crippen molar-refractivity contribution in [1.82, 2.24) is 4.98 Å². The number of sulfonamides is 1. The fraction of sp³-hybridized carbons (Fsp3) is 0.296. The van der Waals surface area contributed by atoms with Crippen LogP contribution in [0.4, 0.5) is 30.4 Å². The third-order valence-corrected chi connectivity index (χ3v) is 7.62. The molecule has 226 valence electrons. The Bertz CT molecular complexity index is 1530. The third kappa shape index (κ3) is 8.02. The molecule has 1 unspecified atom stereocenters. The van der Waals surface area contributed by atoms with Crippen molar-refractivity contribution >= 4 is 39.2 Å². The van der Waals surface area contributed by atoms with Crippen LogP contribution in [0.25, 0.3) is 0 Å². The Kier molecular flexibility index (Phi) is 9.88. The minimum absolute atomic E-state index is 0.0281. The molecule has 1 atom stereocenters. The van der Waals surface area contributed by atoms with Gasteiger partial charge in [0, 0.05) is 31.4 Å². The number of anilines is 3. The summed E-state index contributed by atoms with van der Waals surface area (Å²) in [5.74, 6) is -3.08. The van der Waals surface area contributed by atoms with Crippen LogP contribution < -0.4 is 19.3 Å². The van der Waals surface area contributed by atoms with Gasteiger partial charge in [0.15, 0.2) is 0 Å². The Morgan fingerprint density at radius 2 is 1.71 bits per heavy atom. The van der Waals surface area contributed by atoms with Crippen molar-refractivity contribution in [3.63, 3.8) is 0 Å². The molecule has 0 saturated carbocycles. The lowest BCUT2D eigenvalue weighted by atomic mass is 10.1. The molecule has 0 spiro atoms. The van der Waals surface area contributed by atoms with E-state index in [0.29, 0.717) is 31.2 Å². The van der Waals surface area contributed by atoms with E-state index in [1.54, 1.807) is 0 Å². The number of methoxy groups -OCH3 is 1. The first-order valence-electron chi connectivity index (χ1n) is 12.4. The van der Waals surface area contributed by atoms with Crippen molar-refractivity contribution in [3.05, 3.63) is 71.9 Å². The van der Waals surface area contributed by atoms with Crippen LogP contribution in [0.15, 0.2) is 65.7 Å². The lowest BCUT2D eigenvalue weighted by molar-refractivity contribution is -0.192. The molecule has 1 aliphatic heterocycles. The SMILES string of the molecule is COc1ccc(S(=O)(=O)Nc2cnc(N3CCN(c4cccc(C)c4)C(C)C3)c(C(=O)O)c2)cc1.O=C(O)C(F)(F)F. The number of hydrogen-bond donors (Lipinski definition) is 3. The molecule has 1 fully saturated rings. The van der Waals surface area contributed by atoms with Crippen molar-refractivity contribution < 1.29 is 46.1 Å². The van der Waals surface area contributed by atoms with Gasteiger partial charge >= 0.3 is 18.1 Å². The van der Waals surface area contributed by atoms with Gasteiger partial charge in [0.25, 0.3) is 10.0 Å². The zero-order valence-corrected chi connectivity index (χ0v) is 23.6. The highest BCUT2D eigenvalue weighted by Crippen LogP contribution is 2.28. The number of ether oxygens (including phenoxy) is 1. The van der Waals surface area contributed by atoms with E-state index in [4.69, 9.17) is 14.6 Å². The van der Waals surface area contributed by atoms with Gasteiger partial charge < -0.3 is 24.7 Å². The molecule has 0 amide bonds. The van der Waals surface area contributed by atoms with Gasteiger partial charge in [-0.15, -0.1) is 0 Å². The molecule has 0 aliphatic carbocycles. The molecule has 2 aromatic carbocycles. The van der Waals surface area contributed by atoms with E-state index < -0.39 is 28.1 Å². The molecule has 2 heterocycles. The fourth-order valence-corrected chi connectivity index (χ4v) is 5.27. The molecule has 0 bridgehead atoms. The van der Waals surface area contributed by atoms with E-state index in [-0.39, 0.29) is 22.2 Å². The first kappa shape index (κ1) is 32.0. The summed E-state index contributed by atoms with van der Waals surface area (Å²) >= 11 is 0. The second kappa shape index (κ2) is 13.0. The number of nitrogens with zero attached hydrogens (tertiary/aromatic N) is 3. The van der Waals surface area contributed by atoms with Crippen LogP contribution in [0.5, 0.6) is 5.75 Å². The predicted molar refractivity (Wildman–Crippen MR) is 149 cm³/mol. The highest BCUT2D eigenvalue weighted by atomic mass is 32.2. The van der Waals surface area contributed by atoms with Crippen LogP contribution in [0.3, 0.4) is 0 Å². The Morgan fingerprint density at radius 3 is 2.24 bits per heavy atom. The van der Waals surface area contributed by atoms with Crippen molar-refractivity contribution in [1.29, 1.82) is 0 Å². The number of aliphatic carboxylic acids is 1. The number of alkyl halides is 3. The van der Waals surface area contributed by atoms with Crippen molar-refractivity contribution in [2.45, 2.75) is 31.0 Å². The molecule has 11 nitrogen and oxygen atoms in total. The van der Waals surface area contributed by atoms with E-state index in [2.05, 4.69) is 46.7 Å². The molecule has 3 N–H and O–H groups in total. The van der Waals surface area contributed by atoms with Crippen molar-refractivity contribution in [2.75, 3.05) is 41.3 Å². The van der Waals surface area contributed by atoms with Crippen LogP contribution >= 0.6 is 0 Å². The second-order valence-corrected chi connectivity index (χ2v) is 11.0. The average molecular weight is 611 g/mol. The first-order valence-corrected chi connectivity index (χ1v) is 13.9. The maximum Gasteiger partial charge on any atom is 0.490 e. The predicted octanol–water partition coefficient (Wildman–Crippen LogP) is 4.25. The molecule has 3 aromatic rings. The molecular weight excluding hydrogens is 581 g/mol. The van der Waals surface area contributed by atoms with Crippen LogP contribution in [0.2, 0.25) is 0 Å². The number of aromatic carboxylic acids is 1. The van der Waals surface area contributed by atoms with Crippen LogP contribution in [-0.2, 0) is 14.8 Å². The number of aromatic nitrogens is 1. The van der Waals surface area contributed by atoms with Crippen LogP contribution in [-0.4, -0.2) is 74.5 Å². The van der Waals surface area contributed by atoms with E-state index in [1.165, 1.54) is 49.2 Å². The number of nitrogens with one attached hydrogen (secondary N) is 1. The number of rotatable bonds is 7. The van der Waals surface area contributed by atoms with Crippen LogP contribution in [0, 0.1) is 6.92 Å². The molecule has 0 radical (unpaired) electrons. The van der Waals surface area contributed by atoms with E-state index in [0.717, 1.165) is 5.69 Å². The maximum absolute atomic E-state index is 12.8. The summed E-state index contributed by atoms with van der Waals surface area (Å²) in [5, 5.41) is 17.0. The summed E-state index contributed by atoms with van der Waals surface area (Å²) in [6.45, 7) is 6.02. The van der Waals surface area contributed by atoms with Gasteiger partial charge in [-0.3, -0.25) is 4.72 Å². The number of aryl methyl sites for hydroxylation is 1. The Morgan fingerprint density at radius 1 is 1.07 bits per heavy atom. The van der Waals surface area contributed by atoms with Gasteiger partial charge in [-0.05, 0) is 61.9 Å². The van der Waals surface area contributed by atoms with Gasteiger partial charge in [0.1, 0.15) is 17.1 Å². The van der Waals surface area contributed by atoms with Gasteiger partial charge in [0.2, 0.25) is 0 Å². The molecular formula is C27H29F3N4O7S. The normalized spacial score (nSPS) is 15.3. The highest BCUT2D eigenvalue weighted by molar-refractivity contribution is 7.92. The topological polar surface area (TPSA) is 149 Å². The Hall–Kier alpha value is -4.53. The quantitative estimate of drug-likeness (QED) is 0.355. The number of carboxylic acid groups (broad SMARTS) is 2. The van der Waals surface area contributed by atoms with E-state index in [9.17, 15) is 31.5 Å². The summed E-state index contributed by atoms with van der Waals surface area (Å²) < 4.78 is 64.7. The second-order valence-electron chi connectivity index (χ2n) is 9.31. The number of halogens is 3. The zero-order valence-electron chi connectivity index (χ0n) is 22.8. The smallest absolute Gasteiger partial charge is 0.490 e. The highest BCUT2D eigenvalue weighted by Gasteiger charge is 2.38. The fourth-order valence-electron chi connectivity index (χ4n) is 4.23. The summed E-state index contributed by atoms with van der Waals surface area (Å²) in [6.07, 6.45) is -3.74. The Balaban J connectivity index is 0.000000616. The van der Waals surface area contributed by atoms with Crippen LogP contribution in [0.1, 0.15) is 22.8 Å². The van der Waals surface area contributed by atoms with E-state index in [1.807, 2.05) is 11.0 Å². The monoisotopic (exact) mass is 610 g/mol. The van der Waals surface area contributed by atoms with Gasteiger partial charge in [-0.1, -0.05) is 12.1 Å². The minimum Gasteiger partial charge on any atom is -0.497 e. The number of piperazine rings is 1. The van der Waals surface area contributed by atoms with Gasteiger partial charge in [0.05, 0.1) is 23.9 Å². The molecule has 1 saturated heterocycles. The number of carboxylic acids is 2. The minimum atomic E-state index is -5.08. The number of benzene rings is 2. The summed E-state index contributed by atoms with van der Waals surface area (Å²) in [5.41, 5.74) is 2.33. The summed E-state index contributed by atoms with van der Waals surface area (Å²) in [7, 11) is -2.44. The Labute approximate surface area is 240 Å². The van der Waals surface area contributed by atoms with E-state index >= 15 is 0 Å². The zero-order chi connectivity index (χ0) is 31.2. The number of pyridine rings is 1. The average Bonchev–Trinajstić information content (AvgIpc) is 2.92. The van der Waals surface area contributed by atoms with Gasteiger partial charge in [-0.25, -0.2) is 23.0 Å². The molecule has 42 heavy (non-hydrogen) atoms. The molecule has 1 aromatic heterocycles. The lowest BCUT2D eigenvalue weighted by Crippen LogP contribution is -2.52. The number of carbonyl (C=O) groups is 2. The maximum atomic E-state index is 12.8. The summed E-state index contributed by atoms with van der Waals surface area (Å²) in [6, 6.07) is 15.6.